The summed E-state index contributed by atoms with van der Waals surface area (Å²) in [6.45, 7) is 0.293. The fraction of sp³-hybridized carbons (Fsp3) is 0.143. The van der Waals surface area contributed by atoms with Crippen LogP contribution in [0.5, 0.6) is 5.88 Å². The molecule has 0 saturated carbocycles. The van der Waals surface area contributed by atoms with Crippen molar-refractivity contribution in [3.8, 4) is 5.88 Å². The summed E-state index contributed by atoms with van der Waals surface area (Å²) in [7, 11) is 1.50. The summed E-state index contributed by atoms with van der Waals surface area (Å²) in [5.41, 5.74) is 6.05. The molecular weight excluding hydrogens is 296 g/mol. The van der Waals surface area contributed by atoms with Crippen LogP contribution in [0.4, 0.5) is 14.5 Å². The van der Waals surface area contributed by atoms with Gasteiger partial charge in [-0.2, -0.15) is 0 Å². The number of benzene rings is 1. The van der Waals surface area contributed by atoms with Gasteiger partial charge in [0.05, 0.1) is 12.8 Å². The van der Waals surface area contributed by atoms with E-state index in [4.69, 9.17) is 10.5 Å². The number of nitrogens with one attached hydrogen (secondary N) is 1. The van der Waals surface area contributed by atoms with E-state index in [1.165, 1.54) is 19.2 Å². The van der Waals surface area contributed by atoms with E-state index in [-0.39, 0.29) is 16.2 Å². The number of pyridine rings is 1. The van der Waals surface area contributed by atoms with Gasteiger partial charge < -0.3 is 15.8 Å². The first-order valence-electron chi connectivity index (χ1n) is 6.03. The van der Waals surface area contributed by atoms with Crippen LogP contribution in [0.25, 0.3) is 0 Å². The average molecular weight is 309 g/mol. The van der Waals surface area contributed by atoms with Crippen molar-refractivity contribution >= 4 is 22.9 Å². The summed E-state index contributed by atoms with van der Waals surface area (Å²) in [6.07, 6.45) is 1.57. The van der Waals surface area contributed by atoms with Crippen LogP contribution in [0.1, 0.15) is 11.1 Å². The molecule has 0 spiro atoms. The van der Waals surface area contributed by atoms with Crippen molar-refractivity contribution in [3.05, 3.63) is 53.2 Å². The standard InChI is InChI=1S/C14H13F2N3OS/c1-20-11-6-8(4-5-18-11)7-19-10-3-2-9(14(17)21)12(15)13(10)16/h2-6,19H,7H2,1H3,(H2,17,21). The number of nitrogens with zero attached hydrogens (tertiary/aromatic N) is 1. The number of anilines is 1. The van der Waals surface area contributed by atoms with Crippen LogP contribution in [0, 0.1) is 11.6 Å². The van der Waals surface area contributed by atoms with Crippen LogP contribution in [-0.4, -0.2) is 17.1 Å². The Hall–Kier alpha value is -2.28. The lowest BCUT2D eigenvalue weighted by Crippen LogP contribution is -2.14. The molecule has 1 heterocycles. The van der Waals surface area contributed by atoms with E-state index in [1.807, 2.05) is 0 Å². The third-order valence-electron chi connectivity index (χ3n) is 2.84. The Morgan fingerprint density at radius 3 is 2.76 bits per heavy atom. The van der Waals surface area contributed by atoms with Crippen LogP contribution in [0.2, 0.25) is 0 Å². The van der Waals surface area contributed by atoms with Crippen molar-refractivity contribution < 1.29 is 13.5 Å². The van der Waals surface area contributed by atoms with Crippen molar-refractivity contribution in [1.82, 2.24) is 4.98 Å². The number of halogens is 2. The molecule has 21 heavy (non-hydrogen) atoms. The smallest absolute Gasteiger partial charge is 0.213 e. The van der Waals surface area contributed by atoms with Crippen molar-refractivity contribution in [2.45, 2.75) is 6.54 Å². The Morgan fingerprint density at radius 2 is 2.10 bits per heavy atom. The number of thiocarbonyl (C=S) groups is 1. The molecule has 110 valence electrons. The van der Waals surface area contributed by atoms with Crippen LogP contribution in [0.15, 0.2) is 30.5 Å². The van der Waals surface area contributed by atoms with Crippen molar-refractivity contribution in [2.75, 3.05) is 12.4 Å². The van der Waals surface area contributed by atoms with Gasteiger partial charge in [0, 0.05) is 24.4 Å². The van der Waals surface area contributed by atoms with E-state index in [0.29, 0.717) is 12.4 Å². The molecule has 0 fully saturated rings. The lowest BCUT2D eigenvalue weighted by molar-refractivity contribution is 0.397. The highest BCUT2D eigenvalue weighted by molar-refractivity contribution is 7.80. The second kappa shape index (κ2) is 6.45. The van der Waals surface area contributed by atoms with E-state index < -0.39 is 11.6 Å². The molecular formula is C14H13F2N3OS. The highest BCUT2D eigenvalue weighted by atomic mass is 32.1. The quantitative estimate of drug-likeness (QED) is 0.832. The topological polar surface area (TPSA) is 60.2 Å². The maximum absolute atomic E-state index is 13.9. The van der Waals surface area contributed by atoms with Gasteiger partial charge in [0.2, 0.25) is 5.88 Å². The minimum Gasteiger partial charge on any atom is -0.481 e. The van der Waals surface area contributed by atoms with Gasteiger partial charge >= 0.3 is 0 Å². The summed E-state index contributed by atoms with van der Waals surface area (Å²) in [5, 5.41) is 2.81. The molecule has 0 amide bonds. The molecule has 1 aromatic carbocycles. The van der Waals surface area contributed by atoms with Gasteiger partial charge in [-0.25, -0.2) is 13.8 Å². The normalized spacial score (nSPS) is 10.2. The summed E-state index contributed by atoms with van der Waals surface area (Å²) in [4.78, 5) is 3.78. The van der Waals surface area contributed by atoms with Crippen molar-refractivity contribution in [1.29, 1.82) is 0 Å². The van der Waals surface area contributed by atoms with Crippen molar-refractivity contribution in [2.24, 2.45) is 5.73 Å². The van der Waals surface area contributed by atoms with Crippen LogP contribution >= 0.6 is 12.2 Å². The molecule has 0 saturated heterocycles. The fourth-order valence-electron chi connectivity index (χ4n) is 1.75. The lowest BCUT2D eigenvalue weighted by atomic mass is 10.1. The highest BCUT2D eigenvalue weighted by Crippen LogP contribution is 2.21. The maximum Gasteiger partial charge on any atom is 0.213 e. The van der Waals surface area contributed by atoms with Gasteiger partial charge in [-0.1, -0.05) is 12.2 Å². The molecule has 0 bridgehead atoms. The molecule has 0 atom stereocenters. The molecule has 2 rings (SSSR count). The summed E-state index contributed by atoms with van der Waals surface area (Å²) in [5.74, 6) is -1.62. The van der Waals surface area contributed by atoms with E-state index in [0.717, 1.165) is 5.56 Å². The van der Waals surface area contributed by atoms with Crippen LogP contribution in [-0.2, 0) is 6.54 Å². The third kappa shape index (κ3) is 3.43. The molecule has 3 N–H and O–H groups in total. The number of hydrogen-bond acceptors (Lipinski definition) is 4. The Morgan fingerprint density at radius 1 is 1.33 bits per heavy atom. The van der Waals surface area contributed by atoms with Gasteiger partial charge in [-0.15, -0.1) is 0 Å². The predicted molar refractivity (Wildman–Crippen MR) is 80.4 cm³/mol. The number of nitrogens with two attached hydrogens (primary N) is 1. The number of ether oxygens (including phenoxy) is 1. The summed E-state index contributed by atoms with van der Waals surface area (Å²) < 4.78 is 32.6. The predicted octanol–water partition coefficient (Wildman–Crippen LogP) is 2.61. The molecule has 0 radical (unpaired) electrons. The first kappa shape index (κ1) is 15.1. The molecule has 7 heteroatoms. The second-order valence-electron chi connectivity index (χ2n) is 4.21. The monoisotopic (exact) mass is 309 g/mol. The van der Waals surface area contributed by atoms with Gasteiger partial charge in [0.1, 0.15) is 4.99 Å². The minimum atomic E-state index is -1.06. The second-order valence-corrected chi connectivity index (χ2v) is 4.65. The van der Waals surface area contributed by atoms with E-state index in [2.05, 4.69) is 22.5 Å². The van der Waals surface area contributed by atoms with Gasteiger partial charge in [0.15, 0.2) is 11.6 Å². The zero-order chi connectivity index (χ0) is 15.4. The third-order valence-corrected chi connectivity index (χ3v) is 3.06. The van der Waals surface area contributed by atoms with Crippen LogP contribution in [0.3, 0.4) is 0 Å². The molecule has 0 aliphatic heterocycles. The highest BCUT2D eigenvalue weighted by Gasteiger charge is 2.14. The zero-order valence-electron chi connectivity index (χ0n) is 11.2. The molecule has 4 nitrogen and oxygen atoms in total. The minimum absolute atomic E-state index is 0.0308. The lowest BCUT2D eigenvalue weighted by Gasteiger charge is -2.10. The first-order chi connectivity index (χ1) is 10.0. The van der Waals surface area contributed by atoms with E-state index in [1.54, 1.807) is 18.3 Å². The molecule has 2 aromatic rings. The summed E-state index contributed by atoms with van der Waals surface area (Å²) >= 11 is 4.65. The van der Waals surface area contributed by atoms with Gasteiger partial charge in [0.25, 0.3) is 0 Å². The van der Waals surface area contributed by atoms with E-state index in [9.17, 15) is 8.78 Å². The number of hydrogen-bond donors (Lipinski definition) is 2. The molecule has 0 aliphatic rings. The largest absolute Gasteiger partial charge is 0.481 e. The number of methoxy groups -OCH3 is 1. The zero-order valence-corrected chi connectivity index (χ0v) is 12.0. The Kier molecular flexibility index (Phi) is 4.64. The fourth-order valence-corrected chi connectivity index (χ4v) is 1.90. The SMILES string of the molecule is COc1cc(CNc2ccc(C(N)=S)c(F)c2F)ccn1. The summed E-state index contributed by atoms with van der Waals surface area (Å²) in [6, 6.07) is 6.18. The molecule has 1 aromatic heterocycles. The Labute approximate surface area is 125 Å². The number of rotatable bonds is 5. The maximum atomic E-state index is 13.9. The van der Waals surface area contributed by atoms with Gasteiger partial charge in [-0.3, -0.25) is 0 Å². The molecule has 0 unspecified atom stereocenters. The van der Waals surface area contributed by atoms with E-state index >= 15 is 0 Å². The molecule has 0 aliphatic carbocycles. The number of aromatic nitrogens is 1. The van der Waals surface area contributed by atoms with Crippen LogP contribution < -0.4 is 15.8 Å². The average Bonchev–Trinajstić information content (AvgIpc) is 2.48. The van der Waals surface area contributed by atoms with Gasteiger partial charge in [-0.05, 0) is 23.8 Å². The Balaban J connectivity index is 2.17. The first-order valence-corrected chi connectivity index (χ1v) is 6.44. The van der Waals surface area contributed by atoms with Crippen molar-refractivity contribution in [3.63, 3.8) is 0 Å². The Bertz CT molecular complexity index is 679.